The predicted molar refractivity (Wildman–Crippen MR) is 240 cm³/mol. The van der Waals surface area contributed by atoms with Gasteiger partial charge in [-0.3, -0.25) is 4.57 Å². The van der Waals surface area contributed by atoms with Crippen LogP contribution in [-0.4, -0.2) is 14.5 Å². The van der Waals surface area contributed by atoms with Gasteiger partial charge in [-0.2, -0.15) is 0 Å². The van der Waals surface area contributed by atoms with Gasteiger partial charge in [-0.1, -0.05) is 146 Å². The van der Waals surface area contributed by atoms with Crippen LogP contribution in [0.5, 0.6) is 0 Å². The molecule has 0 fully saturated rings. The largest absolute Gasteiger partial charge is 0.450 e. The molecule has 0 amide bonds. The van der Waals surface area contributed by atoms with Crippen LogP contribution in [0.15, 0.2) is 180 Å². The summed E-state index contributed by atoms with van der Waals surface area (Å²) >= 11 is 1.86. The standard InChI is InChI=1S/C52H29N3OS/c1-2-13-30(14-3-1)31-15-12-16-33(27-31)51-53-47-46-38-21-6-4-17-34(38)35-18-5-7-22-39(35)48(46)56-49(47)52(54-51)55-43-23-10-8-19-36(43)42-28-32-25-26-40-37-20-9-11-24-45(37)57-50(40)41(32)29-44(42)55/h1-29H. The minimum atomic E-state index is 0.647. The Kier molecular flexibility index (Phi) is 6.29. The zero-order valence-electron chi connectivity index (χ0n) is 30.4. The lowest BCUT2D eigenvalue weighted by Gasteiger charge is -2.11. The molecule has 5 heteroatoms. The number of benzene rings is 9. The van der Waals surface area contributed by atoms with E-state index in [-0.39, 0.29) is 0 Å². The van der Waals surface area contributed by atoms with Crippen LogP contribution in [0.3, 0.4) is 0 Å². The fourth-order valence-corrected chi connectivity index (χ4v) is 10.4. The molecule has 0 unspecified atom stereocenters. The van der Waals surface area contributed by atoms with Crippen LogP contribution in [0.4, 0.5) is 0 Å². The average Bonchev–Trinajstić information content (AvgIpc) is 3.96. The summed E-state index contributed by atoms with van der Waals surface area (Å²) in [6.07, 6.45) is 0. The molecule has 0 atom stereocenters. The summed E-state index contributed by atoms with van der Waals surface area (Å²) in [6, 6.07) is 62.9. The van der Waals surface area contributed by atoms with Gasteiger partial charge in [0.1, 0.15) is 11.1 Å². The molecule has 0 aliphatic heterocycles. The lowest BCUT2D eigenvalue weighted by Crippen LogP contribution is -2.02. The van der Waals surface area contributed by atoms with E-state index in [0.29, 0.717) is 11.4 Å². The van der Waals surface area contributed by atoms with Gasteiger partial charge < -0.3 is 4.42 Å². The number of fused-ring (bicyclic) bond motifs is 16. The van der Waals surface area contributed by atoms with E-state index >= 15 is 0 Å². The monoisotopic (exact) mass is 743 g/mol. The molecule has 57 heavy (non-hydrogen) atoms. The summed E-state index contributed by atoms with van der Waals surface area (Å²) in [6.45, 7) is 0. The Labute approximate surface area is 329 Å². The fraction of sp³-hybridized carbons (Fsp3) is 0. The second-order valence-electron chi connectivity index (χ2n) is 14.9. The minimum Gasteiger partial charge on any atom is -0.450 e. The Bertz CT molecular complexity index is 3820. The van der Waals surface area contributed by atoms with Gasteiger partial charge in [0.25, 0.3) is 0 Å². The Morgan fingerprint density at radius 1 is 0.421 bits per heavy atom. The fourth-order valence-electron chi connectivity index (χ4n) is 9.20. The Balaban J connectivity index is 1.20. The molecule has 0 bridgehead atoms. The van der Waals surface area contributed by atoms with Gasteiger partial charge >= 0.3 is 0 Å². The van der Waals surface area contributed by atoms with Crippen molar-refractivity contribution in [1.29, 1.82) is 0 Å². The van der Waals surface area contributed by atoms with Crippen LogP contribution in [0.2, 0.25) is 0 Å². The van der Waals surface area contributed by atoms with Crippen molar-refractivity contribution in [2.45, 2.75) is 0 Å². The maximum atomic E-state index is 7.16. The molecular formula is C52H29N3OS. The molecular weight excluding hydrogens is 715 g/mol. The van der Waals surface area contributed by atoms with E-state index in [1.54, 1.807) is 0 Å². The molecule has 0 spiro atoms. The lowest BCUT2D eigenvalue weighted by atomic mass is 9.98. The zero-order valence-corrected chi connectivity index (χ0v) is 31.2. The van der Waals surface area contributed by atoms with Crippen molar-refractivity contribution in [2.24, 2.45) is 0 Å². The van der Waals surface area contributed by atoms with Crippen LogP contribution in [-0.2, 0) is 0 Å². The zero-order chi connectivity index (χ0) is 37.2. The number of para-hydroxylation sites is 1. The van der Waals surface area contributed by atoms with Crippen molar-refractivity contribution in [3.05, 3.63) is 176 Å². The van der Waals surface area contributed by atoms with Crippen molar-refractivity contribution in [3.63, 3.8) is 0 Å². The van der Waals surface area contributed by atoms with Gasteiger partial charge in [-0.25, -0.2) is 9.97 Å². The summed E-state index contributed by atoms with van der Waals surface area (Å²) in [4.78, 5) is 11.0. The number of furan rings is 1. The molecule has 0 N–H and O–H groups in total. The molecule has 4 heterocycles. The molecule has 264 valence electrons. The van der Waals surface area contributed by atoms with Crippen molar-refractivity contribution < 1.29 is 4.42 Å². The van der Waals surface area contributed by atoms with Crippen LogP contribution >= 0.6 is 11.3 Å². The highest BCUT2D eigenvalue weighted by atomic mass is 32.1. The number of hydrogen-bond donors (Lipinski definition) is 0. The van der Waals surface area contributed by atoms with Gasteiger partial charge in [-0.05, 0) is 63.0 Å². The van der Waals surface area contributed by atoms with E-state index in [0.717, 1.165) is 71.6 Å². The van der Waals surface area contributed by atoms with E-state index in [9.17, 15) is 0 Å². The highest BCUT2D eigenvalue weighted by Gasteiger charge is 2.25. The predicted octanol–water partition coefficient (Wildman–Crippen LogP) is 14.6. The summed E-state index contributed by atoms with van der Waals surface area (Å²) in [5.74, 6) is 1.37. The third-order valence-electron chi connectivity index (χ3n) is 11.8. The SMILES string of the molecule is c1ccc(-c2cccc(-c3nc(-n4c5ccccc5c5cc6ccc7c8ccccc8sc7c6cc54)c4oc5c6ccccc6c6ccccc6c5c4n3)c2)cc1. The van der Waals surface area contributed by atoms with Crippen LogP contribution in [0.1, 0.15) is 0 Å². The third-order valence-corrected chi connectivity index (χ3v) is 13.0. The first-order valence-corrected chi connectivity index (χ1v) is 20.1. The molecule has 4 aromatic heterocycles. The minimum absolute atomic E-state index is 0.647. The number of hydrogen-bond acceptors (Lipinski definition) is 4. The molecule has 0 saturated heterocycles. The first-order valence-electron chi connectivity index (χ1n) is 19.2. The maximum Gasteiger partial charge on any atom is 0.197 e. The van der Waals surface area contributed by atoms with Crippen molar-refractivity contribution in [3.8, 4) is 28.3 Å². The molecule has 9 aromatic carbocycles. The van der Waals surface area contributed by atoms with Gasteiger partial charge in [0.2, 0.25) is 0 Å². The highest BCUT2D eigenvalue weighted by Crippen LogP contribution is 2.45. The van der Waals surface area contributed by atoms with Gasteiger partial charge in [0, 0.05) is 47.3 Å². The van der Waals surface area contributed by atoms with Crippen LogP contribution in [0.25, 0.3) is 125 Å². The molecule has 0 aliphatic rings. The third kappa shape index (κ3) is 4.37. The topological polar surface area (TPSA) is 43.9 Å². The molecule has 13 rings (SSSR count). The number of rotatable bonds is 3. The van der Waals surface area contributed by atoms with E-state index in [4.69, 9.17) is 14.4 Å². The van der Waals surface area contributed by atoms with E-state index in [1.807, 2.05) is 11.3 Å². The van der Waals surface area contributed by atoms with E-state index in [2.05, 4.69) is 180 Å². The summed E-state index contributed by atoms with van der Waals surface area (Å²) in [7, 11) is 0. The van der Waals surface area contributed by atoms with Crippen molar-refractivity contribution in [2.75, 3.05) is 0 Å². The number of thiophene rings is 1. The average molecular weight is 744 g/mol. The first kappa shape index (κ1) is 30.9. The van der Waals surface area contributed by atoms with Crippen molar-refractivity contribution >= 4 is 108 Å². The molecule has 4 nitrogen and oxygen atoms in total. The van der Waals surface area contributed by atoms with Crippen LogP contribution < -0.4 is 0 Å². The molecule has 0 radical (unpaired) electrons. The summed E-state index contributed by atoms with van der Waals surface area (Å²) in [5.41, 5.74) is 7.63. The normalized spacial score (nSPS) is 12.2. The highest BCUT2D eigenvalue weighted by molar-refractivity contribution is 7.26. The Hall–Kier alpha value is -7.34. The van der Waals surface area contributed by atoms with E-state index < -0.39 is 0 Å². The second kappa shape index (κ2) is 11.6. The van der Waals surface area contributed by atoms with E-state index in [1.165, 1.54) is 41.7 Å². The molecule has 13 aromatic rings. The maximum absolute atomic E-state index is 7.16. The lowest BCUT2D eigenvalue weighted by molar-refractivity contribution is 0.666. The first-order chi connectivity index (χ1) is 28.3. The van der Waals surface area contributed by atoms with Gasteiger partial charge in [-0.15, -0.1) is 11.3 Å². The quantitative estimate of drug-likeness (QED) is 0.169. The van der Waals surface area contributed by atoms with Gasteiger partial charge in [0.05, 0.1) is 16.4 Å². The van der Waals surface area contributed by atoms with Crippen molar-refractivity contribution in [1.82, 2.24) is 14.5 Å². The van der Waals surface area contributed by atoms with Gasteiger partial charge in [0.15, 0.2) is 17.2 Å². The molecule has 0 aliphatic carbocycles. The number of aromatic nitrogens is 3. The molecule has 0 saturated carbocycles. The summed E-state index contributed by atoms with van der Waals surface area (Å²) < 4.78 is 12.1. The smallest absolute Gasteiger partial charge is 0.197 e. The summed E-state index contributed by atoms with van der Waals surface area (Å²) in [5, 5.41) is 12.9. The number of nitrogens with zero attached hydrogens (tertiary/aromatic N) is 3. The van der Waals surface area contributed by atoms with Crippen LogP contribution in [0, 0.1) is 0 Å². The Morgan fingerprint density at radius 3 is 1.96 bits per heavy atom. The second-order valence-corrected chi connectivity index (χ2v) is 15.9. The Morgan fingerprint density at radius 2 is 1.11 bits per heavy atom.